The van der Waals surface area contributed by atoms with Gasteiger partial charge >= 0.3 is 13.2 Å². The fraction of sp³-hybridized carbons (Fsp3) is 0.621. The van der Waals surface area contributed by atoms with Crippen molar-refractivity contribution in [3.8, 4) is 6.07 Å². The van der Waals surface area contributed by atoms with Crippen molar-refractivity contribution in [2.45, 2.75) is 77.4 Å². The molecular weight excluding hydrogens is 511 g/mol. The van der Waals surface area contributed by atoms with Crippen LogP contribution in [0.2, 0.25) is 0 Å². The van der Waals surface area contributed by atoms with Gasteiger partial charge in [-0.15, -0.1) is 0 Å². The van der Waals surface area contributed by atoms with Gasteiger partial charge in [-0.3, -0.25) is 9.69 Å². The lowest BCUT2D eigenvalue weighted by Crippen LogP contribution is -2.51. The Kier molecular flexibility index (Phi) is 9.13. The SMILES string of the molecule is CC1(C)CCN(C(C)(C)CC(C#N)C(=O)N2CCC[C@H](OC(=O)N[C@@H](Cc3coc4ccccc34)B(O)O)C2)C1. The molecule has 2 amide bonds. The number of likely N-dealkylation sites (tertiary alicyclic amines) is 2. The lowest BCUT2D eigenvalue weighted by molar-refractivity contribution is -0.138. The maximum atomic E-state index is 13.4. The lowest BCUT2D eigenvalue weighted by Gasteiger charge is -2.39. The largest absolute Gasteiger partial charge is 0.475 e. The highest BCUT2D eigenvalue weighted by Crippen LogP contribution is 2.36. The van der Waals surface area contributed by atoms with Gasteiger partial charge < -0.3 is 29.4 Å². The number of nitrogens with one attached hydrogen (secondary N) is 1. The van der Waals surface area contributed by atoms with Crippen molar-refractivity contribution < 1.29 is 28.8 Å². The Balaban J connectivity index is 1.32. The standard InChI is InChI=1S/C29H41BN4O6/c1-28(2)11-13-34(19-28)29(3,4)15-21(16-31)26(35)33-12-7-8-22(17-33)40-27(36)32-25(30(37)38)14-20-18-39-24-10-6-5-9-23(20)24/h5-6,9-10,18,21-22,25,37-38H,7-8,11-15,17,19H2,1-4H3,(H,32,36)/t21?,22-,25-/m0/s1. The van der Waals surface area contributed by atoms with Crippen LogP contribution in [0.3, 0.4) is 0 Å². The van der Waals surface area contributed by atoms with Crippen LogP contribution in [0, 0.1) is 22.7 Å². The predicted molar refractivity (Wildman–Crippen MR) is 151 cm³/mol. The molecule has 1 unspecified atom stereocenters. The average molecular weight is 552 g/mol. The van der Waals surface area contributed by atoms with Gasteiger partial charge in [0.15, 0.2) is 0 Å². The van der Waals surface area contributed by atoms with Gasteiger partial charge in [0.05, 0.1) is 24.8 Å². The molecule has 2 fully saturated rings. The smallest absolute Gasteiger partial charge is 0.464 e. The molecule has 3 N–H and O–H groups in total. The Morgan fingerprint density at radius 1 is 1.30 bits per heavy atom. The van der Waals surface area contributed by atoms with Crippen LogP contribution < -0.4 is 5.32 Å². The first kappa shape index (κ1) is 29.9. The van der Waals surface area contributed by atoms with E-state index in [0.29, 0.717) is 31.4 Å². The zero-order valence-electron chi connectivity index (χ0n) is 23.9. The third kappa shape index (κ3) is 7.16. The molecule has 0 saturated carbocycles. The number of hydrogen-bond donors (Lipinski definition) is 3. The van der Waals surface area contributed by atoms with Crippen LogP contribution in [0.1, 0.15) is 58.9 Å². The molecule has 2 aromatic rings. The number of para-hydroxylation sites is 1. The van der Waals surface area contributed by atoms with Crippen LogP contribution >= 0.6 is 0 Å². The van der Waals surface area contributed by atoms with Gasteiger partial charge in [-0.1, -0.05) is 32.0 Å². The van der Waals surface area contributed by atoms with Crippen LogP contribution in [-0.2, 0) is 16.0 Å². The molecule has 0 spiro atoms. The van der Waals surface area contributed by atoms with Gasteiger partial charge in [0.1, 0.15) is 17.6 Å². The maximum Gasteiger partial charge on any atom is 0.475 e. The van der Waals surface area contributed by atoms with E-state index in [4.69, 9.17) is 9.15 Å². The van der Waals surface area contributed by atoms with E-state index in [1.54, 1.807) is 4.90 Å². The summed E-state index contributed by atoms with van der Waals surface area (Å²) >= 11 is 0. The summed E-state index contributed by atoms with van der Waals surface area (Å²) in [6, 6.07) is 9.60. The van der Waals surface area contributed by atoms with Crippen molar-refractivity contribution in [1.29, 1.82) is 5.26 Å². The lowest BCUT2D eigenvalue weighted by atomic mass is 9.76. The van der Waals surface area contributed by atoms with E-state index in [2.05, 4.69) is 44.0 Å². The van der Waals surface area contributed by atoms with Gasteiger partial charge in [0, 0.05) is 24.0 Å². The minimum absolute atomic E-state index is 0.132. The summed E-state index contributed by atoms with van der Waals surface area (Å²) in [6.45, 7) is 11.2. The van der Waals surface area contributed by atoms with E-state index in [-0.39, 0.29) is 29.8 Å². The number of benzene rings is 1. The van der Waals surface area contributed by atoms with Crippen molar-refractivity contribution in [3.63, 3.8) is 0 Å². The van der Waals surface area contributed by atoms with Gasteiger partial charge in [0.2, 0.25) is 5.91 Å². The molecule has 4 rings (SSSR count). The number of rotatable bonds is 9. The maximum absolute atomic E-state index is 13.4. The summed E-state index contributed by atoms with van der Waals surface area (Å²) in [7, 11) is -1.81. The second-order valence-electron chi connectivity index (χ2n) is 12.6. The number of hydrogen-bond acceptors (Lipinski definition) is 8. The summed E-state index contributed by atoms with van der Waals surface area (Å²) in [6.07, 6.45) is 3.04. The fourth-order valence-electron chi connectivity index (χ4n) is 5.90. The Morgan fingerprint density at radius 3 is 2.73 bits per heavy atom. The first-order valence-electron chi connectivity index (χ1n) is 14.1. The van der Waals surface area contributed by atoms with Gasteiger partial charge in [-0.05, 0) is 69.5 Å². The van der Waals surface area contributed by atoms with Gasteiger partial charge in [0.25, 0.3) is 0 Å². The minimum atomic E-state index is -1.81. The molecule has 40 heavy (non-hydrogen) atoms. The quantitative estimate of drug-likeness (QED) is 0.404. The normalized spacial score (nSPS) is 21.0. The van der Waals surface area contributed by atoms with E-state index < -0.39 is 31.2 Å². The summed E-state index contributed by atoms with van der Waals surface area (Å²) in [5.74, 6) is -2.04. The number of carbonyl (C=O) groups excluding carboxylic acids is 2. The highest BCUT2D eigenvalue weighted by Gasteiger charge is 2.41. The van der Waals surface area contributed by atoms with Crippen LogP contribution in [0.15, 0.2) is 34.9 Å². The topological polar surface area (TPSA) is 139 Å². The fourth-order valence-corrected chi connectivity index (χ4v) is 5.90. The van der Waals surface area contributed by atoms with Crippen molar-refractivity contribution in [2.24, 2.45) is 11.3 Å². The van der Waals surface area contributed by atoms with Crippen LogP contribution in [0.25, 0.3) is 11.0 Å². The van der Waals surface area contributed by atoms with Crippen LogP contribution in [0.4, 0.5) is 4.79 Å². The van der Waals surface area contributed by atoms with Crippen molar-refractivity contribution in [1.82, 2.24) is 15.1 Å². The molecular formula is C29H41BN4O6. The number of piperidine rings is 1. The first-order chi connectivity index (χ1) is 18.9. The molecule has 0 aliphatic carbocycles. The van der Waals surface area contributed by atoms with Crippen LogP contribution in [0.5, 0.6) is 0 Å². The second kappa shape index (κ2) is 12.2. The molecule has 2 aliphatic rings. The van der Waals surface area contributed by atoms with E-state index >= 15 is 0 Å². The molecule has 2 saturated heterocycles. The highest BCUT2D eigenvalue weighted by atomic mass is 16.6. The number of amides is 2. The first-order valence-corrected chi connectivity index (χ1v) is 14.1. The average Bonchev–Trinajstić information content (AvgIpc) is 3.49. The van der Waals surface area contributed by atoms with Crippen LogP contribution in [-0.4, -0.2) is 82.7 Å². The summed E-state index contributed by atoms with van der Waals surface area (Å²) < 4.78 is 11.1. The Bertz CT molecular complexity index is 1240. The third-order valence-corrected chi connectivity index (χ3v) is 8.32. The summed E-state index contributed by atoms with van der Waals surface area (Å²) in [4.78, 5) is 30.1. The molecule has 0 bridgehead atoms. The number of carbonyl (C=O) groups is 2. The highest BCUT2D eigenvalue weighted by molar-refractivity contribution is 6.43. The number of nitriles is 1. The zero-order valence-corrected chi connectivity index (χ0v) is 23.9. The Hall–Kier alpha value is -3.07. The summed E-state index contributed by atoms with van der Waals surface area (Å²) in [5, 5.41) is 33.1. The molecule has 11 heteroatoms. The molecule has 2 aliphatic heterocycles. The number of fused-ring (bicyclic) bond motifs is 1. The molecule has 10 nitrogen and oxygen atoms in total. The monoisotopic (exact) mass is 552 g/mol. The van der Waals surface area contributed by atoms with E-state index in [9.17, 15) is 24.9 Å². The van der Waals surface area contributed by atoms with Crippen molar-refractivity contribution >= 4 is 30.1 Å². The number of ether oxygens (including phenoxy) is 1. The number of furan rings is 1. The predicted octanol–water partition coefficient (Wildman–Crippen LogP) is 3.11. The zero-order chi connectivity index (χ0) is 29.1. The molecule has 1 aromatic heterocycles. The van der Waals surface area contributed by atoms with Gasteiger partial charge in [-0.25, -0.2) is 4.79 Å². The number of alkyl carbamates (subject to hydrolysis) is 1. The van der Waals surface area contributed by atoms with Gasteiger partial charge in [-0.2, -0.15) is 5.26 Å². The molecule has 0 radical (unpaired) electrons. The van der Waals surface area contributed by atoms with E-state index in [0.717, 1.165) is 30.5 Å². The van der Waals surface area contributed by atoms with Crippen molar-refractivity contribution in [3.05, 3.63) is 36.1 Å². The van der Waals surface area contributed by atoms with Crippen molar-refractivity contribution in [2.75, 3.05) is 26.2 Å². The van der Waals surface area contributed by atoms with E-state index in [1.165, 1.54) is 6.26 Å². The number of nitrogens with zero attached hydrogens (tertiary/aromatic N) is 3. The molecule has 1 aromatic carbocycles. The Morgan fingerprint density at radius 2 is 2.05 bits per heavy atom. The molecule has 3 atom stereocenters. The minimum Gasteiger partial charge on any atom is -0.464 e. The molecule has 216 valence electrons. The Labute approximate surface area is 236 Å². The second-order valence-corrected chi connectivity index (χ2v) is 12.6. The third-order valence-electron chi connectivity index (χ3n) is 8.32. The summed E-state index contributed by atoms with van der Waals surface area (Å²) in [5.41, 5.74) is 1.32. The molecule has 3 heterocycles. The van der Waals surface area contributed by atoms with E-state index in [1.807, 2.05) is 24.3 Å².